The topological polar surface area (TPSA) is 82.8 Å². The Morgan fingerprint density at radius 3 is 2.64 bits per heavy atom. The monoisotopic (exact) mass is 387 g/mol. The standard InChI is InChI=1S/C21H29N3O4/c1-14(26)23-10-15-9-16(11-23)19(24-17(15)5-3-6-18(24)27)20(28)22(2)12-21(13-25)7-4-8-21/h3,5-6,15-16,19,25H,4,7-13H2,1-2H3/t15-,16+,19-/m1/s1. The average molecular weight is 387 g/mol. The van der Waals surface area contributed by atoms with E-state index in [9.17, 15) is 19.5 Å². The van der Waals surface area contributed by atoms with Crippen molar-refractivity contribution >= 4 is 11.8 Å². The second kappa shape index (κ2) is 7.03. The normalized spacial score (nSPS) is 27.5. The van der Waals surface area contributed by atoms with Gasteiger partial charge in [0.05, 0.1) is 6.61 Å². The number of hydrogen-bond donors (Lipinski definition) is 1. The zero-order chi connectivity index (χ0) is 20.1. The van der Waals surface area contributed by atoms with Gasteiger partial charge in [0.25, 0.3) is 5.56 Å². The molecule has 0 unspecified atom stereocenters. The Labute approximate surface area is 164 Å². The number of fused-ring (bicyclic) bond motifs is 4. The lowest BCUT2D eigenvalue weighted by Crippen LogP contribution is -2.55. The van der Waals surface area contributed by atoms with Crippen molar-refractivity contribution in [3.05, 3.63) is 34.2 Å². The molecule has 152 valence electrons. The molecule has 0 spiro atoms. The first kappa shape index (κ1) is 19.2. The zero-order valence-corrected chi connectivity index (χ0v) is 16.6. The average Bonchev–Trinajstić information content (AvgIpc) is 2.65. The molecule has 1 aliphatic carbocycles. The summed E-state index contributed by atoms with van der Waals surface area (Å²) in [5.74, 6) is -0.0733. The highest BCUT2D eigenvalue weighted by Gasteiger charge is 2.46. The second-order valence-electron chi connectivity index (χ2n) is 8.93. The van der Waals surface area contributed by atoms with Crippen molar-refractivity contribution in [3.63, 3.8) is 0 Å². The van der Waals surface area contributed by atoms with E-state index in [0.29, 0.717) is 19.6 Å². The van der Waals surface area contributed by atoms with Gasteiger partial charge in [0, 0.05) is 62.6 Å². The van der Waals surface area contributed by atoms with Crippen LogP contribution in [0, 0.1) is 11.3 Å². The number of hydrogen-bond acceptors (Lipinski definition) is 4. The van der Waals surface area contributed by atoms with Gasteiger partial charge in [-0.25, -0.2) is 0 Å². The molecule has 2 fully saturated rings. The third-order valence-corrected chi connectivity index (χ3v) is 7.04. The van der Waals surface area contributed by atoms with Gasteiger partial charge in [-0.1, -0.05) is 12.5 Å². The lowest BCUT2D eigenvalue weighted by molar-refractivity contribution is -0.143. The molecule has 0 aromatic carbocycles. The minimum atomic E-state index is -0.595. The maximum Gasteiger partial charge on any atom is 0.251 e. The minimum Gasteiger partial charge on any atom is -0.396 e. The van der Waals surface area contributed by atoms with Crippen LogP contribution in [-0.4, -0.2) is 64.6 Å². The summed E-state index contributed by atoms with van der Waals surface area (Å²) in [5, 5.41) is 9.78. The molecule has 2 amide bonds. The first-order chi connectivity index (χ1) is 13.3. The van der Waals surface area contributed by atoms with Crippen LogP contribution in [0.2, 0.25) is 0 Å². The Kier molecular flexibility index (Phi) is 4.81. The summed E-state index contributed by atoms with van der Waals surface area (Å²) in [6, 6.07) is 4.56. The van der Waals surface area contributed by atoms with E-state index >= 15 is 0 Å². The predicted molar refractivity (Wildman–Crippen MR) is 104 cm³/mol. The van der Waals surface area contributed by atoms with E-state index < -0.39 is 6.04 Å². The van der Waals surface area contributed by atoms with E-state index in [4.69, 9.17) is 0 Å². The predicted octanol–water partition coefficient (Wildman–Crippen LogP) is 0.976. The number of carbonyl (C=O) groups excluding carboxylic acids is 2. The van der Waals surface area contributed by atoms with Crippen molar-refractivity contribution in [1.29, 1.82) is 0 Å². The third kappa shape index (κ3) is 3.05. The van der Waals surface area contributed by atoms with Crippen molar-refractivity contribution < 1.29 is 14.7 Å². The van der Waals surface area contributed by atoms with Crippen LogP contribution < -0.4 is 5.56 Å². The van der Waals surface area contributed by atoms with Gasteiger partial charge in [-0.3, -0.25) is 19.0 Å². The van der Waals surface area contributed by atoms with Gasteiger partial charge in [0.15, 0.2) is 0 Å². The lowest BCUT2D eigenvalue weighted by atomic mass is 9.69. The van der Waals surface area contributed by atoms with Gasteiger partial charge >= 0.3 is 0 Å². The van der Waals surface area contributed by atoms with Crippen molar-refractivity contribution in [2.24, 2.45) is 11.3 Å². The van der Waals surface area contributed by atoms with Gasteiger partial charge in [-0.05, 0) is 25.3 Å². The highest BCUT2D eigenvalue weighted by atomic mass is 16.3. The fourth-order valence-corrected chi connectivity index (χ4v) is 5.36. The molecular formula is C21H29N3O4. The number of nitrogens with zero attached hydrogens (tertiary/aromatic N) is 3. The van der Waals surface area contributed by atoms with Crippen LogP contribution in [0.25, 0.3) is 0 Å². The summed E-state index contributed by atoms with van der Waals surface area (Å²) >= 11 is 0. The second-order valence-corrected chi connectivity index (χ2v) is 8.93. The summed E-state index contributed by atoms with van der Waals surface area (Å²) in [6.45, 7) is 3.24. The van der Waals surface area contributed by atoms with E-state index in [1.54, 1.807) is 34.4 Å². The number of piperidine rings is 1. The highest BCUT2D eigenvalue weighted by Crippen LogP contribution is 2.44. The van der Waals surface area contributed by atoms with Crippen LogP contribution in [-0.2, 0) is 9.59 Å². The molecule has 2 aliphatic heterocycles. The molecule has 3 heterocycles. The van der Waals surface area contributed by atoms with Crippen LogP contribution in [0.1, 0.15) is 50.3 Å². The van der Waals surface area contributed by atoms with Crippen LogP contribution in [0.4, 0.5) is 0 Å². The molecule has 1 saturated heterocycles. The van der Waals surface area contributed by atoms with Crippen LogP contribution in [0.5, 0.6) is 0 Å². The minimum absolute atomic E-state index is 0.00897. The molecule has 1 N–H and O–H groups in total. The summed E-state index contributed by atoms with van der Waals surface area (Å²) in [5.41, 5.74) is 0.488. The van der Waals surface area contributed by atoms with E-state index in [1.807, 2.05) is 6.07 Å². The molecule has 2 bridgehead atoms. The molecular weight excluding hydrogens is 358 g/mol. The van der Waals surface area contributed by atoms with Crippen molar-refractivity contribution in [2.75, 3.05) is 33.3 Å². The number of likely N-dealkylation sites (tertiary alicyclic amines) is 1. The van der Waals surface area contributed by atoms with Gasteiger partial charge in [0.1, 0.15) is 6.04 Å². The van der Waals surface area contributed by atoms with Crippen LogP contribution >= 0.6 is 0 Å². The molecule has 1 aromatic rings. The number of rotatable bonds is 4. The molecule has 4 rings (SSSR count). The molecule has 7 heteroatoms. The molecule has 0 radical (unpaired) electrons. The van der Waals surface area contributed by atoms with Crippen molar-refractivity contribution in [1.82, 2.24) is 14.4 Å². The number of aliphatic hydroxyl groups excluding tert-OH is 1. The third-order valence-electron chi connectivity index (χ3n) is 7.04. The smallest absolute Gasteiger partial charge is 0.251 e. The Hall–Kier alpha value is -2.15. The highest BCUT2D eigenvalue weighted by molar-refractivity contribution is 5.81. The first-order valence-electron chi connectivity index (χ1n) is 10.2. The molecule has 7 nitrogen and oxygen atoms in total. The number of aromatic nitrogens is 1. The SMILES string of the molecule is CC(=O)N1C[C@H]2C[C@@H](C1)[C@H](C(=O)N(C)CC1(CO)CCC1)n1c2cccc1=O. The molecule has 28 heavy (non-hydrogen) atoms. The molecule has 3 aliphatic rings. The maximum atomic E-state index is 13.5. The Morgan fingerprint density at radius 1 is 1.29 bits per heavy atom. The van der Waals surface area contributed by atoms with Crippen molar-refractivity contribution in [2.45, 2.75) is 44.6 Å². The summed E-state index contributed by atoms with van der Waals surface area (Å²) in [4.78, 5) is 41.8. The molecule has 1 saturated carbocycles. The number of amides is 2. The van der Waals surface area contributed by atoms with E-state index in [2.05, 4.69) is 0 Å². The zero-order valence-electron chi connectivity index (χ0n) is 16.6. The quantitative estimate of drug-likeness (QED) is 0.835. The fourth-order valence-electron chi connectivity index (χ4n) is 5.36. The maximum absolute atomic E-state index is 13.5. The molecule has 3 atom stereocenters. The van der Waals surface area contributed by atoms with Crippen LogP contribution in [0.3, 0.4) is 0 Å². The Balaban J connectivity index is 1.68. The van der Waals surface area contributed by atoms with Gasteiger partial charge in [-0.2, -0.15) is 0 Å². The number of pyridine rings is 1. The summed E-state index contributed by atoms with van der Waals surface area (Å²) in [6.07, 6.45) is 3.73. The van der Waals surface area contributed by atoms with Crippen LogP contribution in [0.15, 0.2) is 23.0 Å². The van der Waals surface area contributed by atoms with Crippen molar-refractivity contribution in [3.8, 4) is 0 Å². The van der Waals surface area contributed by atoms with E-state index in [-0.39, 0.29) is 41.2 Å². The number of carbonyl (C=O) groups is 2. The first-order valence-corrected chi connectivity index (χ1v) is 10.2. The van der Waals surface area contributed by atoms with E-state index in [1.165, 1.54) is 6.07 Å². The Morgan fingerprint density at radius 2 is 2.04 bits per heavy atom. The number of likely N-dealkylation sites (N-methyl/N-ethyl adjacent to an activating group) is 1. The summed E-state index contributed by atoms with van der Waals surface area (Å²) < 4.78 is 1.67. The number of aliphatic hydroxyl groups is 1. The van der Waals surface area contributed by atoms with Gasteiger partial charge in [0.2, 0.25) is 11.8 Å². The summed E-state index contributed by atoms with van der Waals surface area (Å²) in [7, 11) is 1.77. The van der Waals surface area contributed by atoms with Gasteiger partial charge < -0.3 is 14.9 Å². The largest absolute Gasteiger partial charge is 0.396 e. The fraction of sp³-hybridized carbons (Fsp3) is 0.667. The molecule has 1 aromatic heterocycles. The Bertz CT molecular complexity index is 839. The lowest BCUT2D eigenvalue weighted by Gasteiger charge is -2.48. The van der Waals surface area contributed by atoms with E-state index in [0.717, 1.165) is 31.4 Å². The van der Waals surface area contributed by atoms with Gasteiger partial charge in [-0.15, -0.1) is 0 Å².